The number of para-hydroxylation sites is 3. The van der Waals surface area contributed by atoms with Gasteiger partial charge in [-0.1, -0.05) is 68.4 Å². The number of carbonyl (C=O) groups excluding carboxylic acids is 6. The lowest BCUT2D eigenvalue weighted by Crippen LogP contribution is -2.51. The maximum absolute atomic E-state index is 13.5. The molecule has 5 aromatic carbocycles. The number of hydrogen-bond acceptors (Lipinski definition) is 6. The van der Waals surface area contributed by atoms with E-state index in [9.17, 15) is 46.3 Å². The zero-order valence-electron chi connectivity index (χ0n) is 33.2. The zero-order chi connectivity index (χ0) is 44.3. The monoisotopic (exact) mass is 840 g/mol. The van der Waals surface area contributed by atoms with Gasteiger partial charge in [-0.2, -0.15) is 0 Å². The molecule has 5 aromatic rings. The van der Waals surface area contributed by atoms with Crippen LogP contribution in [0.3, 0.4) is 0 Å². The van der Waals surface area contributed by atoms with Crippen molar-refractivity contribution in [2.24, 2.45) is 5.92 Å². The van der Waals surface area contributed by atoms with E-state index in [2.05, 4.69) is 26.6 Å². The third kappa shape index (κ3) is 16.4. The molecule has 0 radical (unpaired) electrons. The van der Waals surface area contributed by atoms with Gasteiger partial charge in [0.2, 0.25) is 35.4 Å². The Morgan fingerprint density at radius 3 is 1.41 bits per heavy atom. The smallest absolute Gasteiger partial charge is 0.243 e. The van der Waals surface area contributed by atoms with Crippen molar-refractivity contribution in [3.8, 4) is 0 Å². The minimum Gasteiger partial charge on any atom is -0.345 e. The number of nitrogens with one attached hydrogen (secondary N) is 5. The van der Waals surface area contributed by atoms with Crippen LogP contribution in [0.5, 0.6) is 0 Å². The number of carbonyl (C=O) groups is 6. The molecule has 61 heavy (non-hydrogen) atoms. The zero-order valence-corrected chi connectivity index (χ0v) is 33.2. The number of hydrogen-bond donors (Lipinski definition) is 5. The van der Waals surface area contributed by atoms with Crippen LogP contribution in [0.15, 0.2) is 127 Å². The van der Waals surface area contributed by atoms with E-state index in [0.29, 0.717) is 23.1 Å². The molecule has 0 fully saturated rings. The standard InChI is InChI=1S/C24H21F2N3O3.C21H23F2N3O3/c25-18-11-17(12-19(26)14-18)13-24(32)29(21-9-5-2-6-10-21)16-23(31)27-15-22(30)28-20-7-3-1-4-8-20;1-13(2)20(26-18(27)10-14-8-15(22)11-16(23)9-14)21(29)24-12-19(28)25-17-6-4-3-5-7-17/h1-12,14H,13,15-16H2,(H,27,31)(H,28,30);3-9,11,13,20H,10,12H2,1-2H3,(H,24,29)(H,25,28)(H,26,27). The highest BCUT2D eigenvalue weighted by Gasteiger charge is 2.25. The highest BCUT2D eigenvalue weighted by molar-refractivity contribution is 6.01. The van der Waals surface area contributed by atoms with Gasteiger partial charge in [0, 0.05) is 29.2 Å². The number of halogens is 4. The van der Waals surface area contributed by atoms with Gasteiger partial charge < -0.3 is 31.5 Å². The molecular formula is C45H44F4N6O6. The molecule has 0 aromatic heterocycles. The molecule has 12 nitrogen and oxygen atoms in total. The summed E-state index contributed by atoms with van der Waals surface area (Å²) in [5, 5.41) is 12.8. The number of nitrogens with zero attached hydrogens (tertiary/aromatic N) is 1. The number of anilines is 3. The van der Waals surface area contributed by atoms with Crippen LogP contribution < -0.4 is 31.5 Å². The van der Waals surface area contributed by atoms with Crippen LogP contribution in [-0.2, 0) is 41.6 Å². The Balaban J connectivity index is 0.000000270. The SMILES string of the molecule is CC(C)C(NC(=O)Cc1cc(F)cc(F)c1)C(=O)NCC(=O)Nc1ccccc1.O=C(CN(C(=O)Cc1cc(F)cc(F)c1)c1ccccc1)NCC(=O)Nc1ccccc1. The number of amides is 6. The second-order valence-electron chi connectivity index (χ2n) is 13.8. The molecule has 0 saturated heterocycles. The molecule has 0 aliphatic rings. The van der Waals surface area contributed by atoms with Crippen LogP contribution in [-0.4, -0.2) is 61.1 Å². The molecule has 5 rings (SSSR count). The van der Waals surface area contributed by atoms with Crippen molar-refractivity contribution in [1.29, 1.82) is 0 Å². The molecule has 16 heteroatoms. The first-order chi connectivity index (χ1) is 29.1. The van der Waals surface area contributed by atoms with Crippen LogP contribution >= 0.6 is 0 Å². The van der Waals surface area contributed by atoms with E-state index < -0.39 is 64.8 Å². The van der Waals surface area contributed by atoms with Crippen LogP contribution in [0, 0.1) is 29.2 Å². The predicted molar refractivity (Wildman–Crippen MR) is 222 cm³/mol. The topological polar surface area (TPSA) is 166 Å². The van der Waals surface area contributed by atoms with Gasteiger partial charge in [0.05, 0.1) is 25.9 Å². The van der Waals surface area contributed by atoms with E-state index in [1.807, 2.05) is 12.1 Å². The predicted octanol–water partition coefficient (Wildman–Crippen LogP) is 5.70. The van der Waals surface area contributed by atoms with E-state index in [4.69, 9.17) is 0 Å². The molecule has 6 amide bonds. The lowest BCUT2D eigenvalue weighted by Gasteiger charge is -2.22. The molecule has 0 spiro atoms. The fraction of sp³-hybridized carbons (Fsp3) is 0.200. The van der Waals surface area contributed by atoms with Gasteiger partial charge in [-0.15, -0.1) is 0 Å². The Labute approximate surface area is 349 Å². The molecule has 0 bridgehead atoms. The molecule has 0 aliphatic heterocycles. The molecule has 1 unspecified atom stereocenters. The fourth-order valence-corrected chi connectivity index (χ4v) is 5.68. The third-order valence-electron chi connectivity index (χ3n) is 8.49. The van der Waals surface area contributed by atoms with E-state index in [1.54, 1.807) is 92.7 Å². The fourth-order valence-electron chi connectivity index (χ4n) is 5.68. The van der Waals surface area contributed by atoms with E-state index in [-0.39, 0.29) is 49.5 Å². The van der Waals surface area contributed by atoms with Gasteiger partial charge in [-0.3, -0.25) is 28.8 Å². The quantitative estimate of drug-likeness (QED) is 0.0801. The third-order valence-corrected chi connectivity index (χ3v) is 8.49. The highest BCUT2D eigenvalue weighted by Crippen LogP contribution is 2.17. The number of benzene rings is 5. The van der Waals surface area contributed by atoms with Gasteiger partial charge in [0.15, 0.2) is 0 Å². The molecule has 1 atom stereocenters. The first-order valence-electron chi connectivity index (χ1n) is 18.9. The lowest BCUT2D eigenvalue weighted by atomic mass is 10.0. The molecule has 0 aliphatic carbocycles. The minimum atomic E-state index is -0.898. The lowest BCUT2D eigenvalue weighted by molar-refractivity contribution is -0.130. The van der Waals surface area contributed by atoms with Crippen molar-refractivity contribution in [2.45, 2.75) is 32.7 Å². The van der Waals surface area contributed by atoms with Crippen LogP contribution in [0.1, 0.15) is 25.0 Å². The summed E-state index contributed by atoms with van der Waals surface area (Å²) in [5.74, 6) is -6.40. The second-order valence-corrected chi connectivity index (χ2v) is 13.8. The van der Waals surface area contributed by atoms with Gasteiger partial charge in [0.25, 0.3) is 0 Å². The number of rotatable bonds is 16. The summed E-state index contributed by atoms with van der Waals surface area (Å²) >= 11 is 0. The van der Waals surface area contributed by atoms with Crippen molar-refractivity contribution in [1.82, 2.24) is 16.0 Å². The van der Waals surface area contributed by atoms with Crippen LogP contribution in [0.4, 0.5) is 34.6 Å². The maximum atomic E-state index is 13.5. The summed E-state index contributed by atoms with van der Waals surface area (Å²) in [4.78, 5) is 75.1. The Morgan fingerprint density at radius 1 is 0.525 bits per heavy atom. The largest absolute Gasteiger partial charge is 0.345 e. The average molecular weight is 841 g/mol. The Bertz CT molecular complexity index is 2240. The van der Waals surface area contributed by atoms with Crippen molar-refractivity contribution < 1.29 is 46.3 Å². The summed E-state index contributed by atoms with van der Waals surface area (Å²) in [6.07, 6.45) is -0.578. The van der Waals surface area contributed by atoms with Crippen molar-refractivity contribution in [2.75, 3.05) is 35.2 Å². The van der Waals surface area contributed by atoms with Gasteiger partial charge >= 0.3 is 0 Å². The molecule has 0 heterocycles. The van der Waals surface area contributed by atoms with Crippen molar-refractivity contribution in [3.05, 3.63) is 162 Å². The normalized spacial score (nSPS) is 10.9. The van der Waals surface area contributed by atoms with Gasteiger partial charge in [-0.25, -0.2) is 17.6 Å². The second kappa shape index (κ2) is 23.3. The summed E-state index contributed by atoms with van der Waals surface area (Å²) < 4.78 is 53.5. The molecule has 5 N–H and O–H groups in total. The van der Waals surface area contributed by atoms with Crippen LogP contribution in [0.25, 0.3) is 0 Å². The van der Waals surface area contributed by atoms with E-state index in [0.717, 1.165) is 30.3 Å². The summed E-state index contributed by atoms with van der Waals surface area (Å²) in [5.41, 5.74) is 1.94. The molecule has 0 saturated carbocycles. The van der Waals surface area contributed by atoms with Crippen molar-refractivity contribution in [3.63, 3.8) is 0 Å². The average Bonchev–Trinajstić information content (AvgIpc) is 3.20. The first-order valence-corrected chi connectivity index (χ1v) is 18.9. The Hall–Kier alpha value is -7.36. The highest BCUT2D eigenvalue weighted by atomic mass is 19.1. The van der Waals surface area contributed by atoms with Gasteiger partial charge in [0.1, 0.15) is 35.9 Å². The minimum absolute atomic E-state index is 0.149. The summed E-state index contributed by atoms with van der Waals surface area (Å²) in [6, 6.07) is 30.7. The summed E-state index contributed by atoms with van der Waals surface area (Å²) in [7, 11) is 0. The van der Waals surface area contributed by atoms with Gasteiger partial charge in [-0.05, 0) is 77.7 Å². The Kier molecular flexibility index (Phi) is 17.7. The Morgan fingerprint density at radius 2 is 0.951 bits per heavy atom. The van der Waals surface area contributed by atoms with Crippen LogP contribution in [0.2, 0.25) is 0 Å². The summed E-state index contributed by atoms with van der Waals surface area (Å²) in [6.45, 7) is 2.56. The van der Waals surface area contributed by atoms with Crippen molar-refractivity contribution >= 4 is 52.5 Å². The first kappa shape index (κ1) is 46.3. The van der Waals surface area contributed by atoms with E-state index >= 15 is 0 Å². The van der Waals surface area contributed by atoms with E-state index in [1.165, 1.54) is 4.90 Å². The molecular weight excluding hydrogens is 797 g/mol. The molecule has 318 valence electrons. The maximum Gasteiger partial charge on any atom is 0.243 e.